The summed E-state index contributed by atoms with van der Waals surface area (Å²) in [6.07, 6.45) is 2.09. The lowest BCUT2D eigenvalue weighted by Crippen LogP contribution is -2.52. The second kappa shape index (κ2) is 8.55. The van der Waals surface area contributed by atoms with Crippen LogP contribution in [0.4, 0.5) is 0 Å². The zero-order valence-corrected chi connectivity index (χ0v) is 19.7. The Morgan fingerprint density at radius 1 is 1.03 bits per heavy atom. The highest BCUT2D eigenvalue weighted by atomic mass is 35.5. The van der Waals surface area contributed by atoms with E-state index >= 15 is 0 Å². The summed E-state index contributed by atoms with van der Waals surface area (Å²) in [5.74, 6) is -0.0351. The molecule has 0 aromatic heterocycles. The highest BCUT2D eigenvalue weighted by molar-refractivity contribution is 6.31. The van der Waals surface area contributed by atoms with Crippen LogP contribution in [0.25, 0.3) is 0 Å². The monoisotopic (exact) mass is 480 g/mol. The van der Waals surface area contributed by atoms with Gasteiger partial charge in [-0.1, -0.05) is 23.7 Å². The Bertz CT molecular complexity index is 1180. The van der Waals surface area contributed by atoms with Gasteiger partial charge >= 0.3 is 0 Å². The molecule has 0 aliphatic carbocycles. The van der Waals surface area contributed by atoms with Gasteiger partial charge in [-0.2, -0.15) is 0 Å². The first-order valence-corrected chi connectivity index (χ1v) is 11.9. The Kier molecular flexibility index (Phi) is 5.68. The number of hydrogen-bond donors (Lipinski definition) is 0. The number of amides is 3. The van der Waals surface area contributed by atoms with Crippen LogP contribution in [0.2, 0.25) is 5.02 Å². The van der Waals surface area contributed by atoms with Crippen molar-refractivity contribution in [2.75, 3.05) is 19.6 Å². The fourth-order valence-corrected chi connectivity index (χ4v) is 5.21. The lowest BCUT2D eigenvalue weighted by molar-refractivity contribution is -0.134. The van der Waals surface area contributed by atoms with Crippen molar-refractivity contribution in [3.05, 3.63) is 63.7 Å². The number of ether oxygens (including phenoxy) is 1. The summed E-state index contributed by atoms with van der Waals surface area (Å²) < 4.78 is 6.30. The van der Waals surface area contributed by atoms with Gasteiger partial charge in [0, 0.05) is 43.9 Å². The van der Waals surface area contributed by atoms with E-state index in [0.29, 0.717) is 59.8 Å². The number of carbonyl (C=O) groups is 4. The summed E-state index contributed by atoms with van der Waals surface area (Å²) in [6.45, 7) is 3.09. The first-order chi connectivity index (χ1) is 16.3. The van der Waals surface area contributed by atoms with Gasteiger partial charge in [0.15, 0.2) is 5.78 Å². The van der Waals surface area contributed by atoms with Gasteiger partial charge < -0.3 is 9.64 Å². The van der Waals surface area contributed by atoms with Crippen LogP contribution in [0.3, 0.4) is 0 Å². The summed E-state index contributed by atoms with van der Waals surface area (Å²) in [7, 11) is 0. The summed E-state index contributed by atoms with van der Waals surface area (Å²) in [4.78, 5) is 53.5. The van der Waals surface area contributed by atoms with E-state index < -0.39 is 5.60 Å². The lowest BCUT2D eigenvalue weighted by atomic mass is 9.82. The topological polar surface area (TPSA) is 84.0 Å². The lowest BCUT2D eigenvalue weighted by Gasteiger charge is -2.44. The van der Waals surface area contributed by atoms with E-state index in [1.807, 2.05) is 13.0 Å². The van der Waals surface area contributed by atoms with E-state index in [-0.39, 0.29) is 42.9 Å². The van der Waals surface area contributed by atoms with Crippen LogP contribution in [-0.2, 0) is 4.79 Å². The largest absolute Gasteiger partial charge is 0.486 e. The minimum atomic E-state index is -0.596. The maximum Gasteiger partial charge on any atom is 0.261 e. The van der Waals surface area contributed by atoms with E-state index in [4.69, 9.17) is 16.3 Å². The fourth-order valence-electron chi connectivity index (χ4n) is 5.05. The minimum Gasteiger partial charge on any atom is -0.486 e. The van der Waals surface area contributed by atoms with Gasteiger partial charge in [0.2, 0.25) is 5.91 Å². The molecule has 2 aromatic rings. The second-order valence-electron chi connectivity index (χ2n) is 9.27. The molecule has 5 rings (SSSR count). The highest BCUT2D eigenvalue weighted by Gasteiger charge is 2.44. The van der Waals surface area contributed by atoms with Gasteiger partial charge in [-0.05, 0) is 43.2 Å². The molecule has 3 amide bonds. The average Bonchev–Trinajstić information content (AvgIpc) is 3.06. The molecule has 3 aliphatic heterocycles. The SMILES string of the molecule is Cc1cc2c(cc1Cl)C(=O)CC1(CCN(C(=O)CCCN3C(=O)c4ccccc4C3=O)CC1)O2. The summed E-state index contributed by atoms with van der Waals surface area (Å²) in [6, 6.07) is 10.3. The molecule has 34 heavy (non-hydrogen) atoms. The minimum absolute atomic E-state index is 0.0170. The van der Waals surface area contributed by atoms with Gasteiger partial charge in [0.25, 0.3) is 11.8 Å². The number of fused-ring (bicyclic) bond motifs is 2. The van der Waals surface area contributed by atoms with Crippen molar-refractivity contribution in [3.63, 3.8) is 0 Å². The van der Waals surface area contributed by atoms with Crippen molar-refractivity contribution >= 4 is 35.1 Å². The molecular weight excluding hydrogens is 456 g/mol. The summed E-state index contributed by atoms with van der Waals surface area (Å²) >= 11 is 6.17. The van der Waals surface area contributed by atoms with Gasteiger partial charge in [0.05, 0.1) is 23.1 Å². The normalized spacial score (nSPS) is 18.7. The highest BCUT2D eigenvalue weighted by Crippen LogP contribution is 2.41. The number of halogens is 1. The maximum absolute atomic E-state index is 12.8. The van der Waals surface area contributed by atoms with Crippen LogP contribution < -0.4 is 4.74 Å². The number of carbonyl (C=O) groups excluding carboxylic acids is 4. The van der Waals surface area contributed by atoms with E-state index in [1.54, 1.807) is 35.2 Å². The number of rotatable bonds is 4. The number of nitrogens with zero attached hydrogens (tertiary/aromatic N) is 2. The Labute approximate surface area is 202 Å². The smallest absolute Gasteiger partial charge is 0.261 e. The van der Waals surface area contributed by atoms with E-state index in [2.05, 4.69) is 0 Å². The molecule has 8 heteroatoms. The molecule has 176 valence electrons. The number of ketones is 1. The molecule has 3 heterocycles. The molecule has 7 nitrogen and oxygen atoms in total. The molecular formula is C26H25ClN2O5. The maximum atomic E-state index is 12.8. The number of benzene rings is 2. The van der Waals surface area contributed by atoms with Crippen molar-refractivity contribution in [2.45, 2.75) is 44.6 Å². The first kappa shape index (κ1) is 22.6. The van der Waals surface area contributed by atoms with Crippen molar-refractivity contribution in [1.82, 2.24) is 9.80 Å². The summed E-state index contributed by atoms with van der Waals surface area (Å²) in [5.41, 5.74) is 1.62. The van der Waals surface area contributed by atoms with Crippen molar-refractivity contribution in [1.29, 1.82) is 0 Å². The molecule has 1 fully saturated rings. The number of Topliss-reactive ketones (excluding diaryl/α,β-unsaturated/α-hetero) is 1. The Morgan fingerprint density at radius 3 is 2.32 bits per heavy atom. The Morgan fingerprint density at radius 2 is 1.68 bits per heavy atom. The third-order valence-corrected chi connectivity index (χ3v) is 7.46. The van der Waals surface area contributed by atoms with E-state index in [0.717, 1.165) is 5.56 Å². The summed E-state index contributed by atoms with van der Waals surface area (Å²) in [5, 5.41) is 0.549. The van der Waals surface area contributed by atoms with Crippen LogP contribution in [-0.4, -0.2) is 58.5 Å². The van der Waals surface area contributed by atoms with Crippen LogP contribution in [0.15, 0.2) is 36.4 Å². The third kappa shape index (κ3) is 3.88. The fraction of sp³-hybridized carbons (Fsp3) is 0.385. The second-order valence-corrected chi connectivity index (χ2v) is 9.68. The number of imide groups is 1. The molecule has 0 N–H and O–H groups in total. The molecule has 0 unspecified atom stereocenters. The van der Waals surface area contributed by atoms with Gasteiger partial charge in [-0.25, -0.2) is 0 Å². The molecule has 2 aromatic carbocycles. The Balaban J connectivity index is 1.15. The van der Waals surface area contributed by atoms with Gasteiger partial charge in [0.1, 0.15) is 11.4 Å². The quantitative estimate of drug-likeness (QED) is 0.616. The molecule has 0 atom stereocenters. The molecule has 0 saturated carbocycles. The number of aryl methyl sites for hydroxylation is 1. The zero-order chi connectivity index (χ0) is 24.0. The third-order valence-electron chi connectivity index (χ3n) is 7.05. The average molecular weight is 481 g/mol. The van der Waals surface area contributed by atoms with Crippen LogP contribution in [0.1, 0.15) is 68.7 Å². The van der Waals surface area contributed by atoms with Crippen molar-refractivity contribution < 1.29 is 23.9 Å². The van der Waals surface area contributed by atoms with E-state index in [1.165, 1.54) is 4.90 Å². The predicted molar refractivity (Wildman–Crippen MR) is 125 cm³/mol. The number of piperidine rings is 1. The first-order valence-electron chi connectivity index (χ1n) is 11.5. The number of likely N-dealkylation sites (tertiary alicyclic amines) is 1. The molecule has 0 radical (unpaired) electrons. The van der Waals surface area contributed by atoms with Crippen LogP contribution >= 0.6 is 11.6 Å². The molecule has 1 saturated heterocycles. The van der Waals surface area contributed by atoms with Crippen molar-refractivity contribution in [2.24, 2.45) is 0 Å². The van der Waals surface area contributed by atoms with Gasteiger partial charge in [-0.3, -0.25) is 24.1 Å². The zero-order valence-electron chi connectivity index (χ0n) is 18.9. The van der Waals surface area contributed by atoms with E-state index in [9.17, 15) is 19.2 Å². The molecule has 1 spiro atoms. The molecule has 0 bridgehead atoms. The van der Waals surface area contributed by atoms with Crippen LogP contribution in [0, 0.1) is 6.92 Å². The number of hydrogen-bond acceptors (Lipinski definition) is 5. The standard InChI is InChI=1S/C26H25ClN2O5/c1-16-13-22-19(14-20(16)27)21(30)15-26(34-22)8-11-28(12-9-26)23(31)7-4-10-29-24(32)17-5-2-3-6-18(17)25(29)33/h2-3,5-6,13-14H,4,7-12,15H2,1H3. The molecule has 3 aliphatic rings. The van der Waals surface area contributed by atoms with Crippen molar-refractivity contribution in [3.8, 4) is 5.75 Å². The van der Waals surface area contributed by atoms with Gasteiger partial charge in [-0.15, -0.1) is 0 Å². The predicted octanol–water partition coefficient (Wildman–Crippen LogP) is 4.05. The Hall–Kier alpha value is -3.19. The van der Waals surface area contributed by atoms with Crippen LogP contribution in [0.5, 0.6) is 5.75 Å².